The molecule has 4 nitrogen and oxygen atoms in total. The molecule has 0 aliphatic carbocycles. The Morgan fingerprint density at radius 1 is 0.929 bits per heavy atom. The highest BCUT2D eigenvalue weighted by Gasteiger charge is 2.38. The average molecular weight is 409 g/mol. The molecular formula is C16H7F8N3O. The maximum absolute atomic E-state index is 13.5. The number of nitrogens with zero attached hydrogens (tertiary/aromatic N) is 1. The number of amides is 1. The number of hydrogen-bond donors (Lipinski definition) is 2. The lowest BCUT2D eigenvalue weighted by molar-refractivity contribution is -0.142. The van der Waals surface area contributed by atoms with E-state index in [9.17, 15) is 39.9 Å². The second-order valence-corrected chi connectivity index (χ2v) is 5.26. The Hall–Kier alpha value is -3.36. The van der Waals surface area contributed by atoms with Gasteiger partial charge in [-0.1, -0.05) is 0 Å². The van der Waals surface area contributed by atoms with Gasteiger partial charge in [-0.25, -0.2) is 8.78 Å². The first-order chi connectivity index (χ1) is 12.8. The van der Waals surface area contributed by atoms with Crippen molar-refractivity contribution in [3.05, 3.63) is 64.2 Å². The minimum Gasteiger partial charge on any atom is -0.298 e. The van der Waals surface area contributed by atoms with Gasteiger partial charge in [0.25, 0.3) is 5.91 Å². The zero-order chi connectivity index (χ0) is 21.3. The lowest BCUT2D eigenvalue weighted by atomic mass is 10.1. The fraction of sp³-hybridized carbons (Fsp3) is 0.125. The van der Waals surface area contributed by atoms with E-state index in [1.165, 1.54) is 6.07 Å². The van der Waals surface area contributed by atoms with Gasteiger partial charge < -0.3 is 0 Å². The molecular weight excluding hydrogens is 402 g/mol. The number of halogens is 8. The highest BCUT2D eigenvalue weighted by Crippen LogP contribution is 2.36. The molecule has 2 N–H and O–H groups in total. The largest absolute Gasteiger partial charge is 0.422 e. The summed E-state index contributed by atoms with van der Waals surface area (Å²) < 4.78 is 104. The molecule has 0 radical (unpaired) electrons. The van der Waals surface area contributed by atoms with Crippen LogP contribution in [0.2, 0.25) is 0 Å². The highest BCUT2D eigenvalue weighted by molar-refractivity contribution is 5.95. The van der Waals surface area contributed by atoms with Gasteiger partial charge in [-0.15, -0.1) is 0 Å². The van der Waals surface area contributed by atoms with E-state index in [-0.39, 0.29) is 17.7 Å². The Morgan fingerprint density at radius 3 is 1.96 bits per heavy atom. The van der Waals surface area contributed by atoms with E-state index in [4.69, 9.17) is 5.26 Å². The molecule has 0 unspecified atom stereocenters. The maximum atomic E-state index is 13.5. The fourth-order valence-electron chi connectivity index (χ4n) is 2.13. The van der Waals surface area contributed by atoms with Crippen LogP contribution in [0.1, 0.15) is 27.0 Å². The van der Waals surface area contributed by atoms with E-state index in [1.54, 1.807) is 5.43 Å². The summed E-state index contributed by atoms with van der Waals surface area (Å²) in [5.41, 5.74) is -1.91. The number of anilines is 1. The number of nitrogens with one attached hydrogen (secondary N) is 2. The van der Waals surface area contributed by atoms with Crippen molar-refractivity contribution in [2.24, 2.45) is 0 Å². The molecule has 0 fully saturated rings. The third kappa shape index (κ3) is 4.48. The first kappa shape index (κ1) is 20.9. The normalized spacial score (nSPS) is 11.7. The molecule has 2 aromatic carbocycles. The number of benzene rings is 2. The predicted molar refractivity (Wildman–Crippen MR) is 78.6 cm³/mol. The van der Waals surface area contributed by atoms with Crippen molar-refractivity contribution in [2.45, 2.75) is 12.4 Å². The molecule has 12 heteroatoms. The van der Waals surface area contributed by atoms with Crippen LogP contribution < -0.4 is 10.9 Å². The molecule has 0 aliphatic rings. The second kappa shape index (κ2) is 7.34. The van der Waals surface area contributed by atoms with E-state index in [0.29, 0.717) is 6.07 Å². The summed E-state index contributed by atoms with van der Waals surface area (Å²) >= 11 is 0. The summed E-state index contributed by atoms with van der Waals surface area (Å²) in [6, 6.07) is 3.98. The molecule has 0 aliphatic heterocycles. The summed E-state index contributed by atoms with van der Waals surface area (Å²) in [7, 11) is 0. The van der Waals surface area contributed by atoms with E-state index in [2.05, 4.69) is 0 Å². The summed E-state index contributed by atoms with van der Waals surface area (Å²) in [6.45, 7) is 0. The van der Waals surface area contributed by atoms with Crippen LogP contribution in [-0.2, 0) is 12.4 Å². The lowest BCUT2D eigenvalue weighted by Crippen LogP contribution is -2.31. The smallest absolute Gasteiger partial charge is 0.298 e. The minimum atomic E-state index is -5.34. The Balaban J connectivity index is 2.28. The maximum Gasteiger partial charge on any atom is 0.422 e. The van der Waals surface area contributed by atoms with E-state index < -0.39 is 52.3 Å². The van der Waals surface area contributed by atoms with Crippen LogP contribution in [-0.4, -0.2) is 5.91 Å². The van der Waals surface area contributed by atoms with Gasteiger partial charge in [-0.2, -0.15) is 31.6 Å². The van der Waals surface area contributed by atoms with Crippen molar-refractivity contribution < 1.29 is 39.9 Å². The molecule has 0 saturated carbocycles. The second-order valence-electron chi connectivity index (χ2n) is 5.26. The van der Waals surface area contributed by atoms with Crippen LogP contribution in [0.25, 0.3) is 0 Å². The Kier molecular flexibility index (Phi) is 5.49. The lowest BCUT2D eigenvalue weighted by Gasteiger charge is -2.16. The number of alkyl halides is 6. The monoisotopic (exact) mass is 409 g/mol. The highest BCUT2D eigenvalue weighted by atomic mass is 19.4. The standard InChI is InChI=1S/C16H7F8N3O/c17-10-4-8(5-11(18)13(10)16(22,23)24)14(28)27-26-12-2-1-7(6-25)3-9(12)15(19,20)21/h1-5,26H,(H,27,28). The van der Waals surface area contributed by atoms with Gasteiger partial charge in [0.15, 0.2) is 0 Å². The van der Waals surface area contributed by atoms with Crippen LogP contribution >= 0.6 is 0 Å². The number of rotatable bonds is 3. The Morgan fingerprint density at radius 2 is 1.50 bits per heavy atom. The predicted octanol–water partition coefficient (Wildman–Crippen LogP) is 4.63. The quantitative estimate of drug-likeness (QED) is 0.574. The average Bonchev–Trinajstić information content (AvgIpc) is 2.56. The minimum absolute atomic E-state index is 0.0896. The van der Waals surface area contributed by atoms with Gasteiger partial charge in [-0.3, -0.25) is 15.6 Å². The van der Waals surface area contributed by atoms with Crippen molar-refractivity contribution in [1.29, 1.82) is 5.26 Å². The zero-order valence-electron chi connectivity index (χ0n) is 13.3. The van der Waals surface area contributed by atoms with Crippen LogP contribution in [0.3, 0.4) is 0 Å². The van der Waals surface area contributed by atoms with Crippen LogP contribution in [0.5, 0.6) is 0 Å². The Labute approximate surface area is 151 Å². The molecule has 0 aromatic heterocycles. The van der Waals surface area contributed by atoms with Gasteiger partial charge in [0.2, 0.25) is 0 Å². The molecule has 0 bridgehead atoms. The number of hydrogen-bond acceptors (Lipinski definition) is 3. The molecule has 0 atom stereocenters. The van der Waals surface area contributed by atoms with Crippen LogP contribution in [0.4, 0.5) is 40.8 Å². The van der Waals surface area contributed by atoms with E-state index >= 15 is 0 Å². The van der Waals surface area contributed by atoms with Gasteiger partial charge in [0.1, 0.15) is 17.2 Å². The van der Waals surface area contributed by atoms with E-state index in [1.807, 2.05) is 5.43 Å². The fourth-order valence-corrected chi connectivity index (χ4v) is 2.13. The molecule has 0 saturated heterocycles. The first-order valence-electron chi connectivity index (χ1n) is 7.08. The van der Waals surface area contributed by atoms with Gasteiger partial charge in [0, 0.05) is 5.56 Å². The number of nitriles is 1. The molecule has 2 aromatic rings. The summed E-state index contributed by atoms with van der Waals surface area (Å²) in [5.74, 6) is -5.52. The molecule has 2 rings (SSSR count). The van der Waals surface area contributed by atoms with Crippen molar-refractivity contribution in [1.82, 2.24) is 5.43 Å². The molecule has 28 heavy (non-hydrogen) atoms. The van der Waals surface area contributed by atoms with Crippen molar-refractivity contribution in [3.63, 3.8) is 0 Å². The molecule has 1 amide bonds. The van der Waals surface area contributed by atoms with Crippen molar-refractivity contribution in [2.75, 3.05) is 5.43 Å². The zero-order valence-corrected chi connectivity index (χ0v) is 13.3. The molecule has 0 spiro atoms. The Bertz CT molecular complexity index is 937. The number of hydrazine groups is 1. The third-order valence-electron chi connectivity index (χ3n) is 3.35. The number of carbonyl (C=O) groups excluding carboxylic acids is 1. The topological polar surface area (TPSA) is 64.9 Å². The van der Waals surface area contributed by atoms with Gasteiger partial charge >= 0.3 is 12.4 Å². The number of carbonyl (C=O) groups is 1. The molecule has 148 valence electrons. The SMILES string of the molecule is N#Cc1ccc(NNC(=O)c2cc(F)c(C(F)(F)F)c(F)c2)c(C(F)(F)F)c1. The first-order valence-corrected chi connectivity index (χ1v) is 7.08. The van der Waals surface area contributed by atoms with Gasteiger partial charge in [0.05, 0.1) is 22.9 Å². The van der Waals surface area contributed by atoms with Crippen LogP contribution in [0.15, 0.2) is 30.3 Å². The molecule has 0 heterocycles. The summed E-state index contributed by atoms with van der Waals surface area (Å²) in [5, 5.41) is 8.66. The summed E-state index contributed by atoms with van der Waals surface area (Å²) in [6.07, 6.45) is -10.3. The van der Waals surface area contributed by atoms with E-state index in [0.717, 1.165) is 12.1 Å². The van der Waals surface area contributed by atoms with Gasteiger partial charge in [-0.05, 0) is 30.3 Å². The summed E-state index contributed by atoms with van der Waals surface area (Å²) in [4.78, 5) is 11.8. The third-order valence-corrected chi connectivity index (χ3v) is 3.35. The van der Waals surface area contributed by atoms with Crippen molar-refractivity contribution in [3.8, 4) is 6.07 Å². The van der Waals surface area contributed by atoms with Crippen LogP contribution in [0, 0.1) is 23.0 Å². The van der Waals surface area contributed by atoms with Crippen molar-refractivity contribution >= 4 is 11.6 Å².